The second-order valence-corrected chi connectivity index (χ2v) is 5.41. The fourth-order valence-electron chi connectivity index (χ4n) is 2.94. The third-order valence-corrected chi connectivity index (χ3v) is 4.17. The van der Waals surface area contributed by atoms with Crippen LogP contribution in [0.15, 0.2) is 0 Å². The van der Waals surface area contributed by atoms with E-state index in [-0.39, 0.29) is 29.8 Å². The largest absolute Gasteiger partial charge is 0.353 e. The quantitative estimate of drug-likeness (QED) is 0.657. The zero-order valence-electron chi connectivity index (χ0n) is 11.0. The average molecular weight is 253 g/mol. The van der Waals surface area contributed by atoms with Crippen LogP contribution >= 0.6 is 0 Å². The summed E-state index contributed by atoms with van der Waals surface area (Å²) in [6.07, 6.45) is 5.13. The van der Waals surface area contributed by atoms with Gasteiger partial charge in [0.1, 0.15) is 6.04 Å². The molecule has 0 bridgehead atoms. The smallest absolute Gasteiger partial charge is 0.242 e. The Kier molecular flexibility index (Phi) is 4.22. The molecule has 0 radical (unpaired) electrons. The fraction of sp³-hybridized carbons (Fsp3) is 0.846. The van der Waals surface area contributed by atoms with Crippen LogP contribution in [0.5, 0.6) is 0 Å². The molecule has 1 aliphatic heterocycles. The number of nitrogens with two attached hydrogens (primary N) is 1. The van der Waals surface area contributed by atoms with Crippen molar-refractivity contribution in [1.82, 2.24) is 10.2 Å². The Hall–Kier alpha value is -1.10. The van der Waals surface area contributed by atoms with Crippen molar-refractivity contribution in [2.24, 2.45) is 11.7 Å². The van der Waals surface area contributed by atoms with E-state index in [0.29, 0.717) is 13.1 Å². The molecule has 3 unspecified atom stereocenters. The fourth-order valence-corrected chi connectivity index (χ4v) is 2.94. The zero-order chi connectivity index (χ0) is 13.1. The topological polar surface area (TPSA) is 75.4 Å². The molecule has 2 amide bonds. The second kappa shape index (κ2) is 5.69. The second-order valence-electron chi connectivity index (χ2n) is 5.41. The first-order valence-corrected chi connectivity index (χ1v) is 6.95. The molecule has 2 fully saturated rings. The molecule has 102 valence electrons. The maximum atomic E-state index is 12.5. The van der Waals surface area contributed by atoms with Crippen molar-refractivity contribution in [2.75, 3.05) is 13.1 Å². The molecule has 1 aliphatic carbocycles. The van der Waals surface area contributed by atoms with Crippen LogP contribution in [0.1, 0.15) is 39.0 Å². The lowest BCUT2D eigenvalue weighted by Crippen LogP contribution is -2.58. The third-order valence-electron chi connectivity index (χ3n) is 4.17. The Morgan fingerprint density at radius 1 is 1.33 bits per heavy atom. The number of amides is 2. The van der Waals surface area contributed by atoms with Gasteiger partial charge in [0.15, 0.2) is 0 Å². The van der Waals surface area contributed by atoms with E-state index in [2.05, 4.69) is 5.32 Å². The van der Waals surface area contributed by atoms with E-state index >= 15 is 0 Å². The molecular weight excluding hydrogens is 230 g/mol. The first-order valence-electron chi connectivity index (χ1n) is 6.95. The summed E-state index contributed by atoms with van der Waals surface area (Å²) in [4.78, 5) is 25.8. The highest BCUT2D eigenvalue weighted by molar-refractivity contribution is 5.89. The highest BCUT2D eigenvalue weighted by Gasteiger charge is 2.36. The third kappa shape index (κ3) is 2.66. The average Bonchev–Trinajstić information content (AvgIpc) is 2.57. The number of nitrogens with zero attached hydrogens (tertiary/aromatic N) is 1. The first-order chi connectivity index (χ1) is 8.61. The SMILES string of the molecule is CC1C(=O)NCCN1C(=O)C1CCCCCC1N. The molecular formula is C13H23N3O2. The van der Waals surface area contributed by atoms with Gasteiger partial charge in [-0.3, -0.25) is 9.59 Å². The maximum Gasteiger partial charge on any atom is 0.242 e. The molecule has 1 heterocycles. The lowest BCUT2D eigenvalue weighted by molar-refractivity contribution is -0.146. The van der Waals surface area contributed by atoms with Gasteiger partial charge in [-0.15, -0.1) is 0 Å². The van der Waals surface area contributed by atoms with Gasteiger partial charge in [-0.1, -0.05) is 19.3 Å². The van der Waals surface area contributed by atoms with Crippen LogP contribution in [-0.2, 0) is 9.59 Å². The van der Waals surface area contributed by atoms with Crippen LogP contribution < -0.4 is 11.1 Å². The Balaban J connectivity index is 2.06. The van der Waals surface area contributed by atoms with E-state index in [4.69, 9.17) is 5.73 Å². The minimum atomic E-state index is -0.360. The zero-order valence-corrected chi connectivity index (χ0v) is 11.0. The van der Waals surface area contributed by atoms with Crippen LogP contribution in [0, 0.1) is 5.92 Å². The van der Waals surface area contributed by atoms with Crippen molar-refractivity contribution in [1.29, 1.82) is 0 Å². The number of rotatable bonds is 1. The van der Waals surface area contributed by atoms with Crippen LogP contribution in [0.25, 0.3) is 0 Å². The molecule has 1 saturated heterocycles. The lowest BCUT2D eigenvalue weighted by atomic mass is 9.93. The van der Waals surface area contributed by atoms with Crippen molar-refractivity contribution >= 4 is 11.8 Å². The minimum Gasteiger partial charge on any atom is -0.353 e. The molecule has 18 heavy (non-hydrogen) atoms. The van der Waals surface area contributed by atoms with Crippen molar-refractivity contribution < 1.29 is 9.59 Å². The highest BCUT2D eigenvalue weighted by Crippen LogP contribution is 2.25. The number of hydrogen-bond acceptors (Lipinski definition) is 3. The van der Waals surface area contributed by atoms with E-state index < -0.39 is 0 Å². The molecule has 0 aromatic carbocycles. The number of nitrogens with one attached hydrogen (secondary N) is 1. The van der Waals surface area contributed by atoms with Gasteiger partial charge in [0.25, 0.3) is 0 Å². The van der Waals surface area contributed by atoms with Crippen molar-refractivity contribution in [3.8, 4) is 0 Å². The summed E-state index contributed by atoms with van der Waals surface area (Å²) >= 11 is 0. The summed E-state index contributed by atoms with van der Waals surface area (Å²) in [5.74, 6) is -0.0793. The molecule has 3 atom stereocenters. The van der Waals surface area contributed by atoms with Crippen molar-refractivity contribution in [2.45, 2.75) is 51.1 Å². The molecule has 1 saturated carbocycles. The van der Waals surface area contributed by atoms with Gasteiger partial charge in [0.2, 0.25) is 11.8 Å². The molecule has 0 spiro atoms. The van der Waals surface area contributed by atoms with Gasteiger partial charge in [-0.25, -0.2) is 0 Å². The van der Waals surface area contributed by atoms with Crippen molar-refractivity contribution in [3.63, 3.8) is 0 Å². The summed E-state index contributed by atoms with van der Waals surface area (Å²) in [7, 11) is 0. The lowest BCUT2D eigenvalue weighted by Gasteiger charge is -2.36. The van der Waals surface area contributed by atoms with E-state index in [1.54, 1.807) is 11.8 Å². The van der Waals surface area contributed by atoms with Gasteiger partial charge in [0.05, 0.1) is 5.92 Å². The summed E-state index contributed by atoms with van der Waals surface area (Å²) in [6, 6.07) is -0.404. The predicted molar refractivity (Wildman–Crippen MR) is 68.7 cm³/mol. The normalized spacial score (nSPS) is 33.8. The molecule has 0 aromatic heterocycles. The van der Waals surface area contributed by atoms with E-state index in [9.17, 15) is 9.59 Å². The van der Waals surface area contributed by atoms with Crippen LogP contribution in [0.4, 0.5) is 0 Å². The number of carbonyl (C=O) groups excluding carboxylic acids is 2. The van der Waals surface area contributed by atoms with E-state index in [1.807, 2.05) is 0 Å². The van der Waals surface area contributed by atoms with E-state index in [1.165, 1.54) is 0 Å². The van der Waals surface area contributed by atoms with Gasteiger partial charge >= 0.3 is 0 Å². The molecule has 2 rings (SSSR count). The van der Waals surface area contributed by atoms with Gasteiger partial charge < -0.3 is 16.0 Å². The summed E-state index contributed by atoms with van der Waals surface area (Å²) < 4.78 is 0. The minimum absolute atomic E-state index is 0.0443. The van der Waals surface area contributed by atoms with Crippen molar-refractivity contribution in [3.05, 3.63) is 0 Å². The van der Waals surface area contributed by atoms with Crippen LogP contribution in [0.2, 0.25) is 0 Å². The number of hydrogen-bond donors (Lipinski definition) is 2. The Morgan fingerprint density at radius 2 is 2.06 bits per heavy atom. The van der Waals surface area contributed by atoms with Crippen LogP contribution in [-0.4, -0.2) is 41.9 Å². The number of piperazine rings is 1. The van der Waals surface area contributed by atoms with Gasteiger partial charge in [-0.05, 0) is 19.8 Å². The molecule has 5 heteroatoms. The van der Waals surface area contributed by atoms with Crippen LogP contribution in [0.3, 0.4) is 0 Å². The van der Waals surface area contributed by atoms with E-state index in [0.717, 1.165) is 32.1 Å². The molecule has 2 aliphatic rings. The van der Waals surface area contributed by atoms with Gasteiger partial charge in [0, 0.05) is 19.1 Å². The summed E-state index contributed by atoms with van der Waals surface area (Å²) in [6.45, 7) is 2.94. The Bertz CT molecular complexity index is 332. The summed E-state index contributed by atoms with van der Waals surface area (Å²) in [5.41, 5.74) is 6.12. The Labute approximate surface area is 108 Å². The highest BCUT2D eigenvalue weighted by atomic mass is 16.2. The summed E-state index contributed by atoms with van der Waals surface area (Å²) in [5, 5.41) is 2.78. The maximum absolute atomic E-state index is 12.5. The molecule has 0 aromatic rings. The molecule has 5 nitrogen and oxygen atoms in total. The monoisotopic (exact) mass is 253 g/mol. The predicted octanol–water partition coefficient (Wildman–Crippen LogP) is 0.241. The number of carbonyl (C=O) groups is 2. The Morgan fingerprint density at radius 3 is 2.83 bits per heavy atom. The van der Waals surface area contributed by atoms with Gasteiger partial charge in [-0.2, -0.15) is 0 Å². The first kappa shape index (κ1) is 13.3. The standard InChI is InChI=1S/C13H23N3O2/c1-9-12(17)15-7-8-16(9)13(18)10-5-3-2-4-6-11(10)14/h9-11H,2-8,14H2,1H3,(H,15,17). The molecule has 3 N–H and O–H groups in total.